The van der Waals surface area contributed by atoms with Gasteiger partial charge in [0, 0.05) is 23.5 Å². The van der Waals surface area contributed by atoms with Gasteiger partial charge in [-0.2, -0.15) is 13.2 Å². The summed E-state index contributed by atoms with van der Waals surface area (Å²) in [5.41, 5.74) is -1.69. The molecule has 0 bridgehead atoms. The SMILES string of the molecule is CC(C)[S+]([O-])N[C@H](C)c1cc([N+](=O)[O-])cc(C(F)(F)F)c1. The number of nitrogens with zero attached hydrogens (tertiary/aromatic N) is 1. The minimum atomic E-state index is -4.68. The Kier molecular flexibility index (Phi) is 5.60. The molecule has 1 rings (SSSR count). The molecule has 1 N–H and O–H groups in total. The molecule has 0 fully saturated rings. The van der Waals surface area contributed by atoms with E-state index in [2.05, 4.69) is 4.72 Å². The number of halogens is 3. The number of non-ortho nitro benzene ring substituents is 1. The topological polar surface area (TPSA) is 78.2 Å². The molecule has 0 amide bonds. The van der Waals surface area contributed by atoms with Gasteiger partial charge in [0.1, 0.15) is 5.25 Å². The first kappa shape index (κ1) is 17.7. The van der Waals surface area contributed by atoms with Crippen LogP contribution in [0.3, 0.4) is 0 Å². The summed E-state index contributed by atoms with van der Waals surface area (Å²) in [5, 5.41) is 10.5. The second kappa shape index (κ2) is 6.63. The lowest BCUT2D eigenvalue weighted by Gasteiger charge is -2.20. The van der Waals surface area contributed by atoms with Crippen molar-refractivity contribution in [2.75, 3.05) is 0 Å². The highest BCUT2D eigenvalue weighted by atomic mass is 32.2. The molecule has 21 heavy (non-hydrogen) atoms. The molecule has 1 unspecified atom stereocenters. The quantitative estimate of drug-likeness (QED) is 0.512. The van der Waals surface area contributed by atoms with Crippen LogP contribution in [0.2, 0.25) is 0 Å². The number of nitrogens with one attached hydrogen (secondary N) is 1. The van der Waals surface area contributed by atoms with Gasteiger partial charge in [-0.1, -0.05) is 0 Å². The van der Waals surface area contributed by atoms with Crippen molar-refractivity contribution < 1.29 is 22.6 Å². The van der Waals surface area contributed by atoms with E-state index in [1.165, 1.54) is 6.92 Å². The summed E-state index contributed by atoms with van der Waals surface area (Å²) < 4.78 is 52.6. The highest BCUT2D eigenvalue weighted by molar-refractivity contribution is 7.90. The van der Waals surface area contributed by atoms with Crippen LogP contribution in [0.5, 0.6) is 0 Å². The summed E-state index contributed by atoms with van der Waals surface area (Å²) in [6.45, 7) is 4.87. The standard InChI is InChI=1S/C12H15F3N2O3S/c1-7(2)21(20)16-8(3)9-4-10(12(13,14)15)6-11(5-9)17(18)19/h4-8,16H,1-3H3/t8-,21?/m1/s1. The van der Waals surface area contributed by atoms with Gasteiger partial charge >= 0.3 is 6.18 Å². The number of rotatable bonds is 5. The van der Waals surface area contributed by atoms with Gasteiger partial charge in [0.2, 0.25) is 0 Å². The molecule has 1 aromatic carbocycles. The first-order valence-electron chi connectivity index (χ1n) is 6.05. The first-order valence-corrected chi connectivity index (χ1v) is 7.27. The van der Waals surface area contributed by atoms with Crippen molar-refractivity contribution in [2.45, 2.75) is 38.2 Å². The van der Waals surface area contributed by atoms with Crippen molar-refractivity contribution in [2.24, 2.45) is 0 Å². The Labute approximate surface area is 123 Å². The number of hydrogen-bond acceptors (Lipinski definition) is 4. The van der Waals surface area contributed by atoms with Crippen LogP contribution in [0.15, 0.2) is 18.2 Å². The molecule has 0 aliphatic carbocycles. The summed E-state index contributed by atoms with van der Waals surface area (Å²) in [6, 6.07) is 1.64. The second-order valence-corrected chi connectivity index (χ2v) is 6.53. The zero-order chi connectivity index (χ0) is 16.4. The van der Waals surface area contributed by atoms with Gasteiger partial charge in [0.05, 0.1) is 16.5 Å². The zero-order valence-corrected chi connectivity index (χ0v) is 12.4. The lowest BCUT2D eigenvalue weighted by molar-refractivity contribution is -0.385. The summed E-state index contributed by atoms with van der Waals surface area (Å²) in [4.78, 5) is 9.86. The van der Waals surface area contributed by atoms with E-state index >= 15 is 0 Å². The highest BCUT2D eigenvalue weighted by Gasteiger charge is 2.33. The summed E-state index contributed by atoms with van der Waals surface area (Å²) in [6.07, 6.45) is -4.68. The minimum absolute atomic E-state index is 0.0607. The van der Waals surface area contributed by atoms with E-state index in [1.807, 2.05) is 0 Å². The predicted octanol–water partition coefficient (Wildman–Crippen LogP) is 3.34. The van der Waals surface area contributed by atoms with E-state index in [1.54, 1.807) is 13.8 Å². The van der Waals surface area contributed by atoms with Crippen molar-refractivity contribution in [3.8, 4) is 0 Å². The molecule has 0 aromatic heterocycles. The fraction of sp³-hybridized carbons (Fsp3) is 0.500. The number of nitro groups is 1. The molecule has 2 atom stereocenters. The van der Waals surface area contributed by atoms with E-state index < -0.39 is 39.8 Å². The fourth-order valence-electron chi connectivity index (χ4n) is 1.53. The Morgan fingerprint density at radius 2 is 1.81 bits per heavy atom. The van der Waals surface area contributed by atoms with Crippen LogP contribution in [0, 0.1) is 10.1 Å². The maximum atomic E-state index is 12.8. The molecule has 0 heterocycles. The van der Waals surface area contributed by atoms with E-state index in [9.17, 15) is 27.8 Å². The molecule has 118 valence electrons. The Balaban J connectivity index is 3.16. The van der Waals surface area contributed by atoms with E-state index in [4.69, 9.17) is 0 Å². The maximum absolute atomic E-state index is 12.8. The molecule has 0 aliphatic rings. The van der Waals surface area contributed by atoms with Gasteiger partial charge in [-0.15, -0.1) is 4.72 Å². The lowest BCUT2D eigenvalue weighted by atomic mass is 10.0. The van der Waals surface area contributed by atoms with Gasteiger partial charge in [-0.3, -0.25) is 10.1 Å². The molecular weight excluding hydrogens is 309 g/mol. The fourth-order valence-corrected chi connectivity index (χ4v) is 2.29. The third-order valence-corrected chi connectivity index (χ3v) is 4.14. The van der Waals surface area contributed by atoms with Crippen molar-refractivity contribution >= 4 is 17.0 Å². The summed E-state index contributed by atoms with van der Waals surface area (Å²) in [7, 11) is 0. The maximum Gasteiger partial charge on any atom is 0.416 e. The van der Waals surface area contributed by atoms with E-state index in [0.717, 1.165) is 12.1 Å². The average molecular weight is 324 g/mol. The van der Waals surface area contributed by atoms with Crippen molar-refractivity contribution in [1.82, 2.24) is 4.72 Å². The van der Waals surface area contributed by atoms with Crippen LogP contribution in [0.1, 0.15) is 37.9 Å². The first-order chi connectivity index (χ1) is 9.52. The van der Waals surface area contributed by atoms with E-state index in [-0.39, 0.29) is 10.8 Å². The van der Waals surface area contributed by atoms with Crippen LogP contribution in [0.4, 0.5) is 18.9 Å². The molecule has 1 aromatic rings. The van der Waals surface area contributed by atoms with Gasteiger partial charge in [-0.05, 0) is 32.4 Å². The Hall–Kier alpha value is -1.32. The van der Waals surface area contributed by atoms with Gasteiger partial charge in [0.25, 0.3) is 5.69 Å². The molecule has 0 saturated heterocycles. The van der Waals surface area contributed by atoms with E-state index in [0.29, 0.717) is 6.07 Å². The Morgan fingerprint density at radius 3 is 2.24 bits per heavy atom. The van der Waals surface area contributed by atoms with Gasteiger partial charge in [0.15, 0.2) is 0 Å². The zero-order valence-electron chi connectivity index (χ0n) is 11.6. The Bertz CT molecular complexity index is 523. The van der Waals surface area contributed by atoms with Crippen LogP contribution in [-0.4, -0.2) is 14.7 Å². The molecule has 0 saturated carbocycles. The average Bonchev–Trinajstić information content (AvgIpc) is 2.36. The Morgan fingerprint density at radius 1 is 1.24 bits per heavy atom. The van der Waals surface area contributed by atoms with Gasteiger partial charge in [-0.25, -0.2) is 0 Å². The van der Waals surface area contributed by atoms with Crippen LogP contribution in [-0.2, 0) is 17.5 Å². The summed E-state index contributed by atoms with van der Waals surface area (Å²) in [5.74, 6) is 0. The lowest BCUT2D eigenvalue weighted by Crippen LogP contribution is -2.33. The molecular formula is C12H15F3N2O3S. The second-order valence-electron chi connectivity index (χ2n) is 4.75. The van der Waals surface area contributed by atoms with Crippen molar-refractivity contribution in [3.63, 3.8) is 0 Å². The normalized spacial score (nSPS) is 15.0. The summed E-state index contributed by atoms with van der Waals surface area (Å²) >= 11 is -1.45. The molecule has 0 aliphatic heterocycles. The number of hydrogen-bond donors (Lipinski definition) is 1. The molecule has 9 heteroatoms. The van der Waals surface area contributed by atoms with Crippen LogP contribution in [0.25, 0.3) is 0 Å². The van der Waals surface area contributed by atoms with Crippen LogP contribution >= 0.6 is 0 Å². The smallest absolute Gasteiger partial charge is 0.416 e. The highest BCUT2D eigenvalue weighted by Crippen LogP contribution is 2.34. The van der Waals surface area contributed by atoms with Crippen molar-refractivity contribution in [1.29, 1.82) is 0 Å². The van der Waals surface area contributed by atoms with Crippen LogP contribution < -0.4 is 4.72 Å². The monoisotopic (exact) mass is 324 g/mol. The number of alkyl halides is 3. The number of nitro benzene ring substituents is 1. The predicted molar refractivity (Wildman–Crippen MR) is 72.9 cm³/mol. The van der Waals surface area contributed by atoms with Crippen molar-refractivity contribution in [3.05, 3.63) is 39.4 Å². The molecule has 5 nitrogen and oxygen atoms in total. The molecule has 0 radical (unpaired) electrons. The molecule has 0 spiro atoms. The number of benzene rings is 1. The third kappa shape index (κ3) is 4.87. The third-order valence-electron chi connectivity index (χ3n) is 2.70. The minimum Gasteiger partial charge on any atom is -0.598 e. The largest absolute Gasteiger partial charge is 0.598 e. The van der Waals surface area contributed by atoms with Gasteiger partial charge < -0.3 is 4.55 Å².